The Balaban J connectivity index is 0.000000154. The van der Waals surface area contributed by atoms with Crippen LogP contribution < -0.4 is 0 Å². The summed E-state index contributed by atoms with van der Waals surface area (Å²) in [6.07, 6.45) is 0.917. The Morgan fingerprint density at radius 3 is 0.685 bits per heavy atom. The zero-order valence-corrected chi connectivity index (χ0v) is 71.9. The molecule has 0 unspecified atom stereocenters. The monoisotopic (exact) mass is 1710 g/mol. The van der Waals surface area contributed by atoms with Gasteiger partial charge in [0.15, 0.2) is 0 Å². The number of phenolic OH excluding ortho intramolecular Hbond substituents is 20. The fourth-order valence-corrected chi connectivity index (χ4v) is 16.3. The molecular weight excluding hydrogens is 1610 g/mol. The van der Waals surface area contributed by atoms with E-state index in [-0.39, 0.29) is 115 Å². The van der Waals surface area contributed by atoms with Gasteiger partial charge in [0.25, 0.3) is 0 Å². The molecule has 0 saturated heterocycles. The molecule has 0 aliphatic carbocycles. The second kappa shape index (κ2) is 39.6. The standard InChI is InChI=1S/2C22H22O4.3C21H20O4/c1-12-8-14(3)19(9-13(12)2)22(17-6-4-15(23)10-20(17)25)18-7-5-16(24)11-21(18)26;1-12-8-13(2)21(14(3)9-12)22(17-6-4-15(23)10-19(17)25)18-7-5-16(24)11-20(18)26;1-12-3-6-16(13(2)9-12)21(17-7-4-14(22)10-19(17)24)18-8-5-15(23)11-20(18)25;1-12-3-4-14(9-13(12)2)21(17-7-5-15(22)10-19(17)24)18-8-6-16(23)11-20(18)25;1-2-13-3-5-14(6-4-13)21(17-9-7-15(22)11-19(17)24)18-10-8-16(23)12-20(18)25/h2*4-11,22-26H,1-3H3;2*3-11,21-25H,1-2H3;3-12,21-25H,2H2,1H3. The van der Waals surface area contributed by atoms with E-state index in [4.69, 9.17) is 0 Å². The number of aromatic hydroxyl groups is 20. The predicted molar refractivity (Wildman–Crippen MR) is 491 cm³/mol. The van der Waals surface area contributed by atoms with Crippen molar-refractivity contribution in [1.82, 2.24) is 0 Å². The molecule has 0 fully saturated rings. The van der Waals surface area contributed by atoms with Gasteiger partial charge in [-0.15, -0.1) is 0 Å². The van der Waals surface area contributed by atoms with E-state index in [9.17, 15) is 102 Å². The fraction of sp³-hybridized carbons (Fsp3) is 0.159. The highest BCUT2D eigenvalue weighted by Crippen LogP contribution is 2.50. The van der Waals surface area contributed by atoms with Gasteiger partial charge in [0.2, 0.25) is 0 Å². The van der Waals surface area contributed by atoms with Crippen LogP contribution in [0, 0.1) is 69.2 Å². The van der Waals surface area contributed by atoms with E-state index in [0.29, 0.717) is 55.6 Å². The molecule has 0 atom stereocenters. The first-order valence-corrected chi connectivity index (χ1v) is 40.9. The van der Waals surface area contributed by atoms with Gasteiger partial charge in [-0.1, -0.05) is 164 Å². The number of phenols is 20. The summed E-state index contributed by atoms with van der Waals surface area (Å²) < 4.78 is 0. The van der Waals surface area contributed by atoms with Crippen molar-refractivity contribution in [2.45, 2.75) is 112 Å². The van der Waals surface area contributed by atoms with Crippen molar-refractivity contribution in [1.29, 1.82) is 0 Å². The van der Waals surface area contributed by atoms with E-state index in [0.717, 1.165) is 89.9 Å². The topological polar surface area (TPSA) is 405 Å². The molecule has 20 heteroatoms. The van der Waals surface area contributed by atoms with Crippen molar-refractivity contribution in [2.24, 2.45) is 0 Å². The van der Waals surface area contributed by atoms with Gasteiger partial charge in [-0.2, -0.15) is 0 Å². The molecule has 0 aliphatic rings. The van der Waals surface area contributed by atoms with Crippen LogP contribution in [0.4, 0.5) is 0 Å². The molecule has 0 spiro atoms. The molecule has 127 heavy (non-hydrogen) atoms. The maximum atomic E-state index is 10.5. The largest absolute Gasteiger partial charge is 0.508 e. The average molecular weight is 1710 g/mol. The van der Waals surface area contributed by atoms with Gasteiger partial charge in [-0.05, 0) is 214 Å². The Kier molecular flexibility index (Phi) is 28.7. The SMILES string of the molecule is CCc1ccc(C(c2ccc(O)cc2O)c2ccc(O)cc2O)cc1.Cc1cc(C)c(C(c2ccc(O)cc2O)c2ccc(O)cc2O)c(C)c1.Cc1cc(C)c(C(c2ccc(O)cc2O)c2ccc(O)cc2O)cc1C.Cc1ccc(C(c2ccc(O)cc2O)c2ccc(O)cc2O)c(C)c1.Cc1ccc(C(c2ccc(O)cc2O)c2ccc(O)cc2O)cc1C. The van der Waals surface area contributed by atoms with Crippen molar-refractivity contribution in [3.63, 3.8) is 0 Å². The van der Waals surface area contributed by atoms with E-state index in [1.54, 1.807) is 60.7 Å². The predicted octanol–water partition coefficient (Wildman–Crippen LogP) is 22.1. The molecule has 15 aromatic carbocycles. The quantitative estimate of drug-likeness (QED) is 0.0400. The molecule has 0 amide bonds. The number of hydrogen-bond acceptors (Lipinski definition) is 20. The van der Waals surface area contributed by atoms with Gasteiger partial charge in [0.1, 0.15) is 115 Å². The van der Waals surface area contributed by atoms with Crippen LogP contribution in [0.15, 0.2) is 267 Å². The van der Waals surface area contributed by atoms with Crippen LogP contribution in [0.2, 0.25) is 0 Å². The first kappa shape index (κ1) is 92.0. The fourth-order valence-electron chi connectivity index (χ4n) is 16.3. The van der Waals surface area contributed by atoms with Crippen molar-refractivity contribution in [2.75, 3.05) is 0 Å². The van der Waals surface area contributed by atoms with Gasteiger partial charge >= 0.3 is 0 Å². The van der Waals surface area contributed by atoms with Crippen LogP contribution in [0.25, 0.3) is 0 Å². The van der Waals surface area contributed by atoms with Gasteiger partial charge in [0, 0.05) is 146 Å². The molecule has 15 rings (SSSR count). The summed E-state index contributed by atoms with van der Waals surface area (Å²) in [4.78, 5) is 0. The molecule has 0 heterocycles. The zero-order valence-electron chi connectivity index (χ0n) is 71.9. The minimum atomic E-state index is -0.449. The molecule has 0 saturated carbocycles. The van der Waals surface area contributed by atoms with E-state index in [1.165, 1.54) is 127 Å². The molecule has 0 aromatic heterocycles. The maximum absolute atomic E-state index is 10.5. The van der Waals surface area contributed by atoms with Crippen molar-refractivity contribution < 1.29 is 102 Å². The van der Waals surface area contributed by atoms with Crippen LogP contribution in [-0.4, -0.2) is 102 Å². The van der Waals surface area contributed by atoms with Crippen LogP contribution in [-0.2, 0) is 6.42 Å². The Morgan fingerprint density at radius 1 is 0.165 bits per heavy atom. The smallest absolute Gasteiger partial charge is 0.123 e. The summed E-state index contributed by atoms with van der Waals surface area (Å²) in [7, 11) is 0. The highest BCUT2D eigenvalue weighted by Gasteiger charge is 2.31. The Bertz CT molecular complexity index is 6160. The second-order valence-electron chi connectivity index (χ2n) is 32.0. The normalized spacial score (nSPS) is 11.0. The number of aryl methyl sites for hydroxylation is 11. The lowest BCUT2D eigenvalue weighted by molar-refractivity contribution is 0.438. The van der Waals surface area contributed by atoms with Crippen LogP contribution >= 0.6 is 0 Å². The molecular formula is C107H104O20. The summed E-state index contributed by atoms with van der Waals surface area (Å²) >= 11 is 0. The summed E-state index contributed by atoms with van der Waals surface area (Å²) in [5.74, 6) is -3.10. The third-order valence-electron chi connectivity index (χ3n) is 22.8. The van der Waals surface area contributed by atoms with E-state index < -0.39 is 29.6 Å². The molecule has 0 bridgehead atoms. The number of hydrogen-bond donors (Lipinski definition) is 20. The maximum Gasteiger partial charge on any atom is 0.123 e. The van der Waals surface area contributed by atoms with E-state index in [2.05, 4.69) is 25.1 Å². The molecule has 20 nitrogen and oxygen atoms in total. The van der Waals surface area contributed by atoms with Crippen LogP contribution in [0.1, 0.15) is 181 Å². The summed E-state index contributed by atoms with van der Waals surface area (Å²) in [5.41, 5.74) is 22.3. The Hall–Kier alpha value is -15.7. The van der Waals surface area contributed by atoms with Gasteiger partial charge < -0.3 is 102 Å². The minimum Gasteiger partial charge on any atom is -0.508 e. The minimum absolute atomic E-state index is 0.0303. The highest BCUT2D eigenvalue weighted by atomic mass is 16.3. The van der Waals surface area contributed by atoms with E-state index >= 15 is 0 Å². The van der Waals surface area contributed by atoms with Gasteiger partial charge in [-0.25, -0.2) is 0 Å². The number of benzene rings is 15. The van der Waals surface area contributed by atoms with Crippen molar-refractivity contribution >= 4 is 0 Å². The molecule has 15 aromatic rings. The summed E-state index contributed by atoms with van der Waals surface area (Å²) in [6, 6.07) is 72.4. The highest BCUT2D eigenvalue weighted by molar-refractivity contribution is 5.64. The van der Waals surface area contributed by atoms with E-state index in [1.807, 2.05) is 136 Å². The summed E-state index contributed by atoms with van der Waals surface area (Å²) in [6.45, 7) is 22.1. The molecule has 652 valence electrons. The Labute approximate surface area is 736 Å². The first-order valence-electron chi connectivity index (χ1n) is 40.9. The van der Waals surface area contributed by atoms with Crippen LogP contribution in [0.5, 0.6) is 115 Å². The third kappa shape index (κ3) is 21.7. The summed E-state index contributed by atoms with van der Waals surface area (Å²) in [5, 5.41) is 200. The lowest BCUT2D eigenvalue weighted by Gasteiger charge is -2.25. The average Bonchev–Trinajstić information content (AvgIpc) is 0.788. The molecule has 0 aliphatic heterocycles. The van der Waals surface area contributed by atoms with Crippen molar-refractivity contribution in [3.05, 3.63) is 412 Å². The first-order chi connectivity index (χ1) is 60.3. The Morgan fingerprint density at radius 2 is 0.402 bits per heavy atom. The molecule has 0 radical (unpaired) electrons. The van der Waals surface area contributed by atoms with Gasteiger partial charge in [-0.3, -0.25) is 0 Å². The zero-order chi connectivity index (χ0) is 92.3. The van der Waals surface area contributed by atoms with Gasteiger partial charge in [0.05, 0.1) is 0 Å². The van der Waals surface area contributed by atoms with Crippen molar-refractivity contribution in [3.8, 4) is 115 Å². The van der Waals surface area contributed by atoms with Crippen LogP contribution in [0.3, 0.4) is 0 Å². The lowest BCUT2D eigenvalue weighted by Crippen LogP contribution is -2.08. The molecule has 20 N–H and O–H groups in total. The third-order valence-corrected chi connectivity index (χ3v) is 22.8. The lowest BCUT2D eigenvalue weighted by atomic mass is 9.79. The second-order valence-corrected chi connectivity index (χ2v) is 32.0. The number of rotatable bonds is 16.